The average molecular weight is 236 g/mol. The van der Waals surface area contributed by atoms with Crippen LogP contribution in [0.15, 0.2) is 29.0 Å². The molecule has 0 amide bonds. The van der Waals surface area contributed by atoms with Crippen molar-refractivity contribution in [3.05, 3.63) is 41.6 Å². The monoisotopic (exact) mass is 236 g/mol. The Bertz CT molecular complexity index is 529. The van der Waals surface area contributed by atoms with Crippen molar-refractivity contribution in [1.82, 2.24) is 9.78 Å². The molecule has 0 radical (unpaired) electrons. The highest BCUT2D eigenvalue weighted by Crippen LogP contribution is 2.25. The highest BCUT2D eigenvalue weighted by Gasteiger charge is 2.24. The Labute approximate surface area is 97.1 Å². The lowest BCUT2D eigenvalue weighted by Crippen LogP contribution is -2.11. The van der Waals surface area contributed by atoms with E-state index in [1.54, 1.807) is 16.9 Å². The molecular weight excluding hydrogens is 224 g/mol. The number of nitrogens with zero attached hydrogens (tertiary/aromatic N) is 2. The zero-order valence-electron chi connectivity index (χ0n) is 9.20. The van der Waals surface area contributed by atoms with Gasteiger partial charge in [-0.1, -0.05) is 0 Å². The lowest BCUT2D eigenvalue weighted by molar-refractivity contribution is 0.0687. The van der Waals surface area contributed by atoms with Gasteiger partial charge in [0.05, 0.1) is 12.0 Å². The molecule has 2 heterocycles. The number of rotatable bonds is 4. The molecule has 17 heavy (non-hydrogen) atoms. The second-order valence-corrected chi connectivity index (χ2v) is 3.48. The van der Waals surface area contributed by atoms with E-state index in [1.165, 1.54) is 12.3 Å². The molecule has 0 saturated carbocycles. The van der Waals surface area contributed by atoms with Crippen molar-refractivity contribution in [2.24, 2.45) is 0 Å². The van der Waals surface area contributed by atoms with Crippen LogP contribution in [-0.4, -0.2) is 26.0 Å². The minimum atomic E-state index is -1.13. The van der Waals surface area contributed by atoms with Crippen LogP contribution in [0.2, 0.25) is 0 Å². The molecule has 0 aromatic carbocycles. The fraction of sp³-hybridized carbons (Fsp3) is 0.273. The molecule has 6 nitrogen and oxygen atoms in total. The van der Waals surface area contributed by atoms with E-state index in [0.717, 1.165) is 0 Å². The molecule has 2 aromatic rings. The van der Waals surface area contributed by atoms with Gasteiger partial charge in [-0.05, 0) is 19.1 Å². The maximum absolute atomic E-state index is 10.9. The predicted molar refractivity (Wildman–Crippen MR) is 57.6 cm³/mol. The van der Waals surface area contributed by atoms with Crippen molar-refractivity contribution in [2.45, 2.75) is 19.6 Å². The summed E-state index contributed by atoms with van der Waals surface area (Å²) in [5.74, 6) is -1.11. The Kier molecular flexibility index (Phi) is 2.97. The number of aliphatic hydroxyl groups is 1. The zero-order chi connectivity index (χ0) is 12.4. The van der Waals surface area contributed by atoms with Gasteiger partial charge in [0.1, 0.15) is 5.56 Å². The van der Waals surface area contributed by atoms with E-state index in [2.05, 4.69) is 5.10 Å². The lowest BCUT2D eigenvalue weighted by atomic mass is 10.1. The van der Waals surface area contributed by atoms with Crippen LogP contribution in [0.4, 0.5) is 0 Å². The predicted octanol–water partition coefficient (Wildman–Crippen LogP) is 1.28. The first kappa shape index (κ1) is 11.4. The highest BCUT2D eigenvalue weighted by molar-refractivity contribution is 5.88. The first-order valence-electron chi connectivity index (χ1n) is 5.15. The van der Waals surface area contributed by atoms with Crippen LogP contribution >= 0.6 is 0 Å². The van der Waals surface area contributed by atoms with E-state index < -0.39 is 12.1 Å². The lowest BCUT2D eigenvalue weighted by Gasteiger charge is -2.10. The summed E-state index contributed by atoms with van der Waals surface area (Å²) in [5, 5.41) is 23.0. The number of aryl methyl sites for hydroxylation is 1. The Balaban J connectivity index is 2.40. The van der Waals surface area contributed by atoms with E-state index in [4.69, 9.17) is 9.52 Å². The minimum Gasteiger partial charge on any atom is -0.478 e. The van der Waals surface area contributed by atoms with Crippen molar-refractivity contribution in [3.63, 3.8) is 0 Å². The van der Waals surface area contributed by atoms with Crippen LogP contribution in [0.25, 0.3) is 0 Å². The quantitative estimate of drug-likeness (QED) is 0.834. The maximum atomic E-state index is 10.9. The van der Waals surface area contributed by atoms with Crippen LogP contribution in [0.3, 0.4) is 0 Å². The summed E-state index contributed by atoms with van der Waals surface area (Å²) < 4.78 is 6.62. The number of aromatic nitrogens is 2. The highest BCUT2D eigenvalue weighted by atomic mass is 16.4. The smallest absolute Gasteiger partial charge is 0.339 e. The standard InChI is InChI=1S/C11H12N2O4/c1-2-13-8(3-5-12-13)9(14)10-7(11(15)16)4-6-17-10/h3-6,9,14H,2H2,1H3,(H,15,16). The van der Waals surface area contributed by atoms with Gasteiger partial charge in [0, 0.05) is 12.7 Å². The summed E-state index contributed by atoms with van der Waals surface area (Å²) in [6, 6.07) is 2.94. The molecule has 1 unspecified atom stereocenters. The molecule has 0 aliphatic rings. The fourth-order valence-electron chi connectivity index (χ4n) is 1.68. The normalized spacial score (nSPS) is 12.6. The molecular formula is C11H12N2O4. The number of carbonyl (C=O) groups is 1. The van der Waals surface area contributed by atoms with Crippen LogP contribution in [0.1, 0.15) is 34.8 Å². The van der Waals surface area contributed by atoms with Gasteiger partial charge in [-0.2, -0.15) is 5.10 Å². The van der Waals surface area contributed by atoms with Gasteiger partial charge in [-0.3, -0.25) is 4.68 Å². The molecule has 0 fully saturated rings. The minimum absolute atomic E-state index is 0.0210. The molecule has 0 saturated heterocycles. The Morgan fingerprint density at radius 1 is 1.59 bits per heavy atom. The van der Waals surface area contributed by atoms with Crippen LogP contribution < -0.4 is 0 Å². The van der Waals surface area contributed by atoms with Gasteiger partial charge >= 0.3 is 5.97 Å². The first-order chi connectivity index (χ1) is 8.15. The summed E-state index contributed by atoms with van der Waals surface area (Å²) in [6.07, 6.45) is 1.67. The topological polar surface area (TPSA) is 88.5 Å². The molecule has 6 heteroatoms. The molecule has 2 N–H and O–H groups in total. The summed E-state index contributed by atoms with van der Waals surface area (Å²) in [5.41, 5.74) is 0.464. The van der Waals surface area contributed by atoms with Crippen molar-refractivity contribution in [2.75, 3.05) is 0 Å². The van der Waals surface area contributed by atoms with Gasteiger partial charge < -0.3 is 14.6 Å². The van der Waals surface area contributed by atoms with Crippen LogP contribution in [0, 0.1) is 0 Å². The molecule has 90 valence electrons. The number of aromatic carboxylic acids is 1. The molecule has 2 aromatic heterocycles. The molecule has 2 rings (SSSR count). The average Bonchev–Trinajstić information content (AvgIpc) is 2.96. The van der Waals surface area contributed by atoms with E-state index >= 15 is 0 Å². The third-order valence-electron chi connectivity index (χ3n) is 2.50. The second kappa shape index (κ2) is 4.42. The summed E-state index contributed by atoms with van der Waals surface area (Å²) in [7, 11) is 0. The number of hydrogen-bond donors (Lipinski definition) is 2. The maximum Gasteiger partial charge on any atom is 0.339 e. The van der Waals surface area contributed by atoms with Gasteiger partial charge in [-0.25, -0.2) is 4.79 Å². The number of hydrogen-bond acceptors (Lipinski definition) is 4. The molecule has 0 aliphatic carbocycles. The van der Waals surface area contributed by atoms with Gasteiger partial charge in [0.25, 0.3) is 0 Å². The first-order valence-corrected chi connectivity index (χ1v) is 5.15. The summed E-state index contributed by atoms with van der Waals surface area (Å²) >= 11 is 0. The van der Waals surface area contributed by atoms with Crippen LogP contribution in [-0.2, 0) is 6.54 Å². The largest absolute Gasteiger partial charge is 0.478 e. The summed E-state index contributed by atoms with van der Waals surface area (Å²) in [6.45, 7) is 2.46. The van der Waals surface area contributed by atoms with Gasteiger partial charge in [0.15, 0.2) is 11.9 Å². The molecule has 0 spiro atoms. The van der Waals surface area contributed by atoms with Crippen molar-refractivity contribution in [3.8, 4) is 0 Å². The number of carboxylic acids is 1. The second-order valence-electron chi connectivity index (χ2n) is 3.48. The Morgan fingerprint density at radius 3 is 3.00 bits per heavy atom. The fourth-order valence-corrected chi connectivity index (χ4v) is 1.68. The van der Waals surface area contributed by atoms with E-state index in [1.807, 2.05) is 6.92 Å². The van der Waals surface area contributed by atoms with Gasteiger partial charge in [-0.15, -0.1) is 0 Å². The number of furan rings is 1. The van der Waals surface area contributed by atoms with E-state index in [9.17, 15) is 9.90 Å². The van der Waals surface area contributed by atoms with Crippen molar-refractivity contribution in [1.29, 1.82) is 0 Å². The van der Waals surface area contributed by atoms with Crippen LogP contribution in [0.5, 0.6) is 0 Å². The SMILES string of the molecule is CCn1nccc1C(O)c1occc1C(=O)O. The van der Waals surface area contributed by atoms with Crippen molar-refractivity contribution >= 4 is 5.97 Å². The van der Waals surface area contributed by atoms with E-state index in [-0.39, 0.29) is 11.3 Å². The van der Waals surface area contributed by atoms with Gasteiger partial charge in [0.2, 0.25) is 0 Å². The Morgan fingerprint density at radius 2 is 2.35 bits per heavy atom. The van der Waals surface area contributed by atoms with E-state index in [0.29, 0.717) is 12.2 Å². The zero-order valence-corrected chi connectivity index (χ0v) is 9.20. The molecule has 0 aliphatic heterocycles. The molecule has 1 atom stereocenters. The summed E-state index contributed by atoms with van der Waals surface area (Å²) in [4.78, 5) is 10.9. The number of aliphatic hydroxyl groups excluding tert-OH is 1. The third kappa shape index (κ3) is 1.94. The number of carboxylic acid groups (broad SMARTS) is 1. The molecule has 0 bridgehead atoms. The van der Waals surface area contributed by atoms with Crippen molar-refractivity contribution < 1.29 is 19.4 Å². The Hall–Kier alpha value is -2.08. The third-order valence-corrected chi connectivity index (χ3v) is 2.50.